The summed E-state index contributed by atoms with van der Waals surface area (Å²) in [5, 5.41) is 7.93. The Balaban J connectivity index is 1.39. The maximum Gasteiger partial charge on any atom is 0.291 e. The summed E-state index contributed by atoms with van der Waals surface area (Å²) in [5.41, 5.74) is 3.70. The van der Waals surface area contributed by atoms with Crippen LogP contribution in [0.15, 0.2) is 69.6 Å². The van der Waals surface area contributed by atoms with E-state index in [1.165, 1.54) is 0 Å². The molecule has 0 spiro atoms. The topological polar surface area (TPSA) is 69.3 Å². The Kier molecular flexibility index (Phi) is 6.67. The first-order chi connectivity index (χ1) is 15.4. The molecule has 0 bridgehead atoms. The van der Waals surface area contributed by atoms with Crippen LogP contribution in [-0.4, -0.2) is 15.7 Å². The van der Waals surface area contributed by atoms with Gasteiger partial charge in [-0.25, -0.2) is 0 Å². The summed E-state index contributed by atoms with van der Waals surface area (Å²) in [5.74, 6) is 0.956. The van der Waals surface area contributed by atoms with Crippen LogP contribution < -0.4 is 10.1 Å². The predicted molar refractivity (Wildman–Crippen MR) is 127 cm³/mol. The van der Waals surface area contributed by atoms with Crippen LogP contribution in [-0.2, 0) is 13.2 Å². The Morgan fingerprint density at radius 2 is 1.97 bits per heavy atom. The third-order valence-corrected chi connectivity index (χ3v) is 6.36. The van der Waals surface area contributed by atoms with Gasteiger partial charge in [0.1, 0.15) is 18.1 Å². The molecule has 6 nitrogen and oxygen atoms in total. The van der Waals surface area contributed by atoms with Crippen LogP contribution in [0.1, 0.15) is 33.3 Å². The lowest BCUT2D eigenvalue weighted by Crippen LogP contribution is -2.11. The van der Waals surface area contributed by atoms with E-state index in [9.17, 15) is 4.79 Å². The molecule has 0 aliphatic heterocycles. The zero-order valence-corrected chi connectivity index (χ0v) is 19.9. The van der Waals surface area contributed by atoms with Gasteiger partial charge < -0.3 is 14.5 Å². The van der Waals surface area contributed by atoms with E-state index in [1.54, 1.807) is 24.3 Å². The molecule has 0 atom stereocenters. The van der Waals surface area contributed by atoms with Crippen LogP contribution in [0.4, 0.5) is 5.69 Å². The number of amides is 1. The molecule has 2 heterocycles. The number of nitrogens with zero attached hydrogens (tertiary/aromatic N) is 2. The summed E-state index contributed by atoms with van der Waals surface area (Å²) in [4.78, 5) is 12.6. The maximum absolute atomic E-state index is 12.6. The molecular formula is C24H21BrClN3O3. The Morgan fingerprint density at radius 3 is 2.72 bits per heavy atom. The maximum atomic E-state index is 12.6. The van der Waals surface area contributed by atoms with Crippen LogP contribution >= 0.6 is 27.5 Å². The lowest BCUT2D eigenvalue weighted by atomic mass is 10.2. The highest BCUT2D eigenvalue weighted by Gasteiger charge is 2.13. The molecule has 1 N–H and O–H groups in total. The van der Waals surface area contributed by atoms with Gasteiger partial charge in [0.25, 0.3) is 5.91 Å². The smallest absolute Gasteiger partial charge is 0.291 e. The third kappa shape index (κ3) is 5.06. The van der Waals surface area contributed by atoms with Crippen LogP contribution in [0.3, 0.4) is 0 Å². The average molecular weight is 515 g/mol. The highest BCUT2D eigenvalue weighted by atomic mass is 79.9. The number of aryl methyl sites for hydroxylation is 1. The summed E-state index contributed by atoms with van der Waals surface area (Å²) in [6.45, 7) is 4.75. The molecule has 2 aromatic heterocycles. The number of hydrogen-bond donors (Lipinski definition) is 1. The van der Waals surface area contributed by atoms with E-state index in [0.29, 0.717) is 28.8 Å². The van der Waals surface area contributed by atoms with Gasteiger partial charge in [-0.15, -0.1) is 0 Å². The lowest BCUT2D eigenvalue weighted by molar-refractivity contribution is 0.0992. The zero-order chi connectivity index (χ0) is 22.7. The molecule has 8 heteroatoms. The largest absolute Gasteiger partial charge is 0.484 e. The van der Waals surface area contributed by atoms with Crippen LogP contribution in [0, 0.1) is 13.8 Å². The standard InChI is InChI=1S/C24H21BrClN3O3/c1-15-23(25)16(2)29(28-15)13-17-6-5-7-18(12-17)27-24(30)22-11-10-19(32-22)14-31-21-9-4-3-8-20(21)26/h3-12H,13-14H2,1-2H3,(H,27,30). The van der Waals surface area contributed by atoms with Crippen molar-refractivity contribution in [3.8, 4) is 5.75 Å². The fourth-order valence-electron chi connectivity index (χ4n) is 3.23. The van der Waals surface area contributed by atoms with E-state index in [4.69, 9.17) is 20.8 Å². The Hall–Kier alpha value is -3.03. The molecular weight excluding hydrogens is 494 g/mol. The number of rotatable bonds is 7. The molecule has 0 fully saturated rings. The SMILES string of the molecule is Cc1nn(Cc2cccc(NC(=O)c3ccc(COc4ccccc4Cl)o3)c2)c(C)c1Br. The van der Waals surface area contributed by atoms with Gasteiger partial charge in [0.15, 0.2) is 5.76 Å². The van der Waals surface area contributed by atoms with Gasteiger partial charge >= 0.3 is 0 Å². The van der Waals surface area contributed by atoms with Crippen LogP contribution in [0.2, 0.25) is 5.02 Å². The number of carbonyl (C=O) groups is 1. The number of aromatic nitrogens is 2. The third-order valence-electron chi connectivity index (χ3n) is 4.90. The van der Waals surface area contributed by atoms with E-state index in [-0.39, 0.29) is 18.3 Å². The number of ether oxygens (including phenoxy) is 1. The fourth-order valence-corrected chi connectivity index (χ4v) is 3.70. The average Bonchev–Trinajstić information content (AvgIpc) is 3.35. The van der Waals surface area contributed by atoms with Crippen molar-refractivity contribution in [2.75, 3.05) is 5.32 Å². The second-order valence-electron chi connectivity index (χ2n) is 7.28. The van der Waals surface area contributed by atoms with E-state index in [1.807, 2.05) is 54.9 Å². The van der Waals surface area contributed by atoms with Crippen molar-refractivity contribution in [2.45, 2.75) is 27.0 Å². The van der Waals surface area contributed by atoms with Crippen molar-refractivity contribution >= 4 is 39.1 Å². The van der Waals surface area contributed by atoms with E-state index < -0.39 is 0 Å². The minimum Gasteiger partial charge on any atom is -0.484 e. The quantitative estimate of drug-likeness (QED) is 0.310. The lowest BCUT2D eigenvalue weighted by Gasteiger charge is -2.08. The van der Waals surface area contributed by atoms with Crippen molar-refractivity contribution in [3.05, 3.63) is 98.6 Å². The first-order valence-electron chi connectivity index (χ1n) is 9.96. The Bertz CT molecular complexity index is 1270. The Morgan fingerprint density at radius 1 is 1.16 bits per heavy atom. The van der Waals surface area contributed by atoms with Crippen LogP contribution in [0.25, 0.3) is 0 Å². The highest BCUT2D eigenvalue weighted by molar-refractivity contribution is 9.10. The molecule has 0 unspecified atom stereocenters. The van der Waals surface area contributed by atoms with Gasteiger partial charge in [-0.1, -0.05) is 35.9 Å². The summed E-state index contributed by atoms with van der Waals surface area (Å²) in [7, 11) is 0. The first kappa shape index (κ1) is 22.2. The second kappa shape index (κ2) is 9.63. The molecule has 0 saturated heterocycles. The number of halogens is 2. The van der Waals surface area contributed by atoms with Crippen molar-refractivity contribution in [1.82, 2.24) is 9.78 Å². The van der Waals surface area contributed by atoms with E-state index >= 15 is 0 Å². The van der Waals surface area contributed by atoms with Gasteiger partial charge in [-0.2, -0.15) is 5.10 Å². The molecule has 0 saturated carbocycles. The number of benzene rings is 2. The Labute approximate surface area is 199 Å². The van der Waals surface area contributed by atoms with Gasteiger partial charge in [0.2, 0.25) is 0 Å². The van der Waals surface area contributed by atoms with Gasteiger partial charge in [0, 0.05) is 5.69 Å². The molecule has 0 aliphatic rings. The second-order valence-corrected chi connectivity index (χ2v) is 8.48. The molecule has 0 radical (unpaired) electrons. The number of anilines is 1. The van der Waals surface area contributed by atoms with Crippen molar-refractivity contribution in [3.63, 3.8) is 0 Å². The van der Waals surface area contributed by atoms with Gasteiger partial charge in [-0.05, 0) is 71.7 Å². The normalized spacial score (nSPS) is 10.9. The number of nitrogens with one attached hydrogen (secondary N) is 1. The number of furan rings is 1. The number of carbonyl (C=O) groups excluding carboxylic acids is 1. The molecule has 164 valence electrons. The zero-order valence-electron chi connectivity index (χ0n) is 17.6. The van der Waals surface area contributed by atoms with Crippen molar-refractivity contribution < 1.29 is 13.9 Å². The van der Waals surface area contributed by atoms with Gasteiger partial charge in [-0.3, -0.25) is 9.48 Å². The van der Waals surface area contributed by atoms with Crippen molar-refractivity contribution in [1.29, 1.82) is 0 Å². The van der Waals surface area contributed by atoms with E-state index in [2.05, 4.69) is 26.3 Å². The predicted octanol–water partition coefficient (Wildman–Crippen LogP) is 6.39. The van der Waals surface area contributed by atoms with Crippen molar-refractivity contribution in [2.24, 2.45) is 0 Å². The minimum atomic E-state index is -0.333. The molecule has 0 aliphatic carbocycles. The molecule has 2 aromatic carbocycles. The molecule has 4 aromatic rings. The first-order valence-corrected chi connectivity index (χ1v) is 11.1. The van der Waals surface area contributed by atoms with Crippen LogP contribution in [0.5, 0.6) is 5.75 Å². The summed E-state index contributed by atoms with van der Waals surface area (Å²) in [6.07, 6.45) is 0. The fraction of sp³-hybridized carbons (Fsp3) is 0.167. The highest BCUT2D eigenvalue weighted by Crippen LogP contribution is 2.25. The van der Waals surface area contributed by atoms with Gasteiger partial charge in [0.05, 0.1) is 27.4 Å². The summed E-state index contributed by atoms with van der Waals surface area (Å²) >= 11 is 9.64. The monoisotopic (exact) mass is 513 g/mol. The molecule has 1 amide bonds. The summed E-state index contributed by atoms with van der Waals surface area (Å²) < 4.78 is 14.2. The number of para-hydroxylation sites is 1. The van der Waals surface area contributed by atoms with E-state index in [0.717, 1.165) is 21.4 Å². The molecule has 4 rings (SSSR count). The summed E-state index contributed by atoms with van der Waals surface area (Å²) in [6, 6.07) is 18.2. The number of hydrogen-bond acceptors (Lipinski definition) is 4. The molecule has 32 heavy (non-hydrogen) atoms. The minimum absolute atomic E-state index is 0.171.